The van der Waals surface area contributed by atoms with Gasteiger partial charge in [0.05, 0.1) is 0 Å². The molecule has 2 aromatic rings. The van der Waals surface area contributed by atoms with Gasteiger partial charge < -0.3 is 11.1 Å². The number of hydrogen-bond donors (Lipinski definition) is 2. The molecule has 0 fully saturated rings. The molecule has 1 heterocycles. The zero-order chi connectivity index (χ0) is 15.1. The van der Waals surface area contributed by atoms with Crippen molar-refractivity contribution in [3.05, 3.63) is 59.3 Å². The zero-order valence-corrected chi connectivity index (χ0v) is 13.0. The summed E-state index contributed by atoms with van der Waals surface area (Å²) in [4.78, 5) is 4.19. The largest absolute Gasteiger partial charge is 0.383 e. The van der Waals surface area contributed by atoms with Crippen molar-refractivity contribution in [1.82, 2.24) is 10.3 Å². The number of pyridine rings is 1. The Hall–Kier alpha value is -1.87. The van der Waals surface area contributed by atoms with E-state index in [4.69, 9.17) is 5.73 Å². The van der Waals surface area contributed by atoms with Crippen molar-refractivity contribution >= 4 is 5.82 Å². The Balaban J connectivity index is 2.11. The number of nitrogens with one attached hydrogen (secondary N) is 1. The third kappa shape index (κ3) is 4.57. The molecule has 0 radical (unpaired) electrons. The van der Waals surface area contributed by atoms with Crippen LogP contribution in [0, 0.1) is 6.92 Å². The average Bonchev–Trinajstić information content (AvgIpc) is 2.49. The normalized spacial score (nSPS) is 12.3. The Labute approximate surface area is 127 Å². The van der Waals surface area contributed by atoms with E-state index in [0.29, 0.717) is 11.9 Å². The molecule has 3 N–H and O–H groups in total. The van der Waals surface area contributed by atoms with Gasteiger partial charge >= 0.3 is 0 Å². The third-order valence-corrected chi connectivity index (χ3v) is 3.80. The minimum atomic E-state index is 0.387. The molecule has 112 valence electrons. The van der Waals surface area contributed by atoms with Crippen LogP contribution in [0.2, 0.25) is 0 Å². The maximum atomic E-state index is 5.98. The van der Waals surface area contributed by atoms with Crippen molar-refractivity contribution in [2.45, 2.75) is 39.2 Å². The number of aromatic nitrogens is 1. The van der Waals surface area contributed by atoms with E-state index in [9.17, 15) is 0 Å². The highest BCUT2D eigenvalue weighted by Gasteiger charge is 2.13. The van der Waals surface area contributed by atoms with Gasteiger partial charge in [0, 0.05) is 12.2 Å². The highest BCUT2D eigenvalue weighted by Crippen LogP contribution is 2.15. The van der Waals surface area contributed by atoms with Crippen molar-refractivity contribution < 1.29 is 0 Å². The Bertz CT molecular complexity index is 518. The van der Waals surface area contributed by atoms with Crippen molar-refractivity contribution in [1.29, 1.82) is 0 Å². The molecule has 3 heteroatoms. The first-order valence-electron chi connectivity index (χ1n) is 7.68. The van der Waals surface area contributed by atoms with E-state index in [1.807, 2.05) is 6.07 Å². The zero-order valence-electron chi connectivity index (χ0n) is 13.0. The number of nitrogens with zero attached hydrogens (tertiary/aromatic N) is 1. The topological polar surface area (TPSA) is 50.9 Å². The number of nitrogens with two attached hydrogens (primary N) is 1. The van der Waals surface area contributed by atoms with Gasteiger partial charge in [0.25, 0.3) is 0 Å². The predicted octanol–water partition coefficient (Wildman–Crippen LogP) is 3.13. The summed E-state index contributed by atoms with van der Waals surface area (Å²) in [6.07, 6.45) is 4.80. The van der Waals surface area contributed by atoms with Gasteiger partial charge in [-0.2, -0.15) is 0 Å². The van der Waals surface area contributed by atoms with Crippen LogP contribution in [0.5, 0.6) is 0 Å². The quantitative estimate of drug-likeness (QED) is 0.821. The Morgan fingerprint density at radius 1 is 1.10 bits per heavy atom. The number of aryl methyl sites for hydroxylation is 1. The van der Waals surface area contributed by atoms with Gasteiger partial charge in [0.15, 0.2) is 0 Å². The van der Waals surface area contributed by atoms with E-state index in [1.54, 1.807) is 6.20 Å². The molecule has 1 aromatic carbocycles. The Morgan fingerprint density at radius 2 is 1.81 bits per heavy atom. The number of nitrogen functional groups attached to an aromatic ring is 1. The van der Waals surface area contributed by atoms with Crippen LogP contribution in [-0.2, 0) is 12.8 Å². The van der Waals surface area contributed by atoms with Gasteiger partial charge in [-0.05, 0) is 55.5 Å². The second-order valence-corrected chi connectivity index (χ2v) is 5.53. The first-order valence-corrected chi connectivity index (χ1v) is 7.68. The molecular formula is C18H25N3. The first-order chi connectivity index (χ1) is 10.2. The molecule has 0 saturated carbocycles. The Morgan fingerprint density at radius 3 is 2.52 bits per heavy atom. The van der Waals surface area contributed by atoms with E-state index < -0.39 is 0 Å². The Kier molecular flexibility index (Phi) is 5.76. The minimum absolute atomic E-state index is 0.387. The highest BCUT2D eigenvalue weighted by molar-refractivity contribution is 5.39. The second kappa shape index (κ2) is 7.79. The van der Waals surface area contributed by atoms with Crippen molar-refractivity contribution in [3.63, 3.8) is 0 Å². The van der Waals surface area contributed by atoms with Crippen LogP contribution in [0.25, 0.3) is 0 Å². The molecule has 0 amide bonds. The van der Waals surface area contributed by atoms with Crippen LogP contribution in [0.3, 0.4) is 0 Å². The second-order valence-electron chi connectivity index (χ2n) is 5.53. The minimum Gasteiger partial charge on any atom is -0.383 e. The molecule has 21 heavy (non-hydrogen) atoms. The lowest BCUT2D eigenvalue weighted by atomic mass is 9.96. The molecule has 0 bridgehead atoms. The van der Waals surface area contributed by atoms with Crippen LogP contribution in [0.1, 0.15) is 30.0 Å². The molecule has 0 spiro atoms. The SMILES string of the molecule is CCCNC(Cc1ccccc1C)Cc1cccnc1N. The number of benzene rings is 1. The van der Waals surface area contributed by atoms with E-state index in [-0.39, 0.29) is 0 Å². The fourth-order valence-electron chi connectivity index (χ4n) is 2.56. The molecular weight excluding hydrogens is 258 g/mol. The smallest absolute Gasteiger partial charge is 0.126 e. The standard InChI is InChI=1S/C18H25N3/c1-3-10-20-17(12-15-8-5-4-7-14(15)2)13-16-9-6-11-21-18(16)19/h4-9,11,17,20H,3,10,12-13H2,1-2H3,(H2,19,21). The van der Waals surface area contributed by atoms with Gasteiger partial charge in [-0.25, -0.2) is 4.98 Å². The molecule has 3 nitrogen and oxygen atoms in total. The predicted molar refractivity (Wildman–Crippen MR) is 89.3 cm³/mol. The molecule has 2 rings (SSSR count). The summed E-state index contributed by atoms with van der Waals surface area (Å²) < 4.78 is 0. The molecule has 1 aromatic heterocycles. The first kappa shape index (κ1) is 15.5. The van der Waals surface area contributed by atoms with Crippen molar-refractivity contribution in [2.24, 2.45) is 0 Å². The van der Waals surface area contributed by atoms with Crippen LogP contribution in [0.15, 0.2) is 42.6 Å². The molecule has 0 saturated heterocycles. The van der Waals surface area contributed by atoms with Gasteiger partial charge in [-0.3, -0.25) is 0 Å². The van der Waals surface area contributed by atoms with E-state index in [0.717, 1.165) is 31.4 Å². The summed E-state index contributed by atoms with van der Waals surface area (Å²) >= 11 is 0. The third-order valence-electron chi connectivity index (χ3n) is 3.80. The molecule has 1 atom stereocenters. The maximum Gasteiger partial charge on any atom is 0.126 e. The van der Waals surface area contributed by atoms with E-state index >= 15 is 0 Å². The summed E-state index contributed by atoms with van der Waals surface area (Å²) in [5, 5.41) is 3.64. The van der Waals surface area contributed by atoms with Gasteiger partial charge in [-0.1, -0.05) is 37.3 Å². The summed E-state index contributed by atoms with van der Waals surface area (Å²) in [6, 6.07) is 13.0. The summed E-state index contributed by atoms with van der Waals surface area (Å²) in [5.74, 6) is 0.644. The molecule has 1 unspecified atom stereocenters. The van der Waals surface area contributed by atoms with Crippen LogP contribution in [-0.4, -0.2) is 17.6 Å². The number of hydrogen-bond acceptors (Lipinski definition) is 3. The van der Waals surface area contributed by atoms with Gasteiger partial charge in [-0.15, -0.1) is 0 Å². The van der Waals surface area contributed by atoms with Gasteiger partial charge in [0.2, 0.25) is 0 Å². The summed E-state index contributed by atoms with van der Waals surface area (Å²) in [7, 11) is 0. The molecule has 0 aliphatic rings. The lowest BCUT2D eigenvalue weighted by molar-refractivity contribution is 0.504. The molecule has 0 aliphatic heterocycles. The fraction of sp³-hybridized carbons (Fsp3) is 0.389. The lowest BCUT2D eigenvalue weighted by Gasteiger charge is -2.20. The highest BCUT2D eigenvalue weighted by atomic mass is 14.9. The van der Waals surface area contributed by atoms with Crippen LogP contribution in [0.4, 0.5) is 5.82 Å². The van der Waals surface area contributed by atoms with Crippen molar-refractivity contribution in [2.75, 3.05) is 12.3 Å². The summed E-state index contributed by atoms with van der Waals surface area (Å²) in [5.41, 5.74) is 9.85. The van der Waals surface area contributed by atoms with Gasteiger partial charge in [0.1, 0.15) is 5.82 Å². The lowest BCUT2D eigenvalue weighted by Crippen LogP contribution is -2.34. The summed E-state index contributed by atoms with van der Waals surface area (Å²) in [6.45, 7) is 5.39. The van der Waals surface area contributed by atoms with E-state index in [2.05, 4.69) is 54.5 Å². The van der Waals surface area contributed by atoms with Crippen molar-refractivity contribution in [3.8, 4) is 0 Å². The van der Waals surface area contributed by atoms with Crippen LogP contribution >= 0.6 is 0 Å². The molecule has 0 aliphatic carbocycles. The maximum absolute atomic E-state index is 5.98. The monoisotopic (exact) mass is 283 g/mol. The number of anilines is 1. The average molecular weight is 283 g/mol. The van der Waals surface area contributed by atoms with Crippen LogP contribution < -0.4 is 11.1 Å². The fourth-order valence-corrected chi connectivity index (χ4v) is 2.56. The van der Waals surface area contributed by atoms with E-state index in [1.165, 1.54) is 11.1 Å². The number of rotatable bonds is 7.